The summed E-state index contributed by atoms with van der Waals surface area (Å²) >= 11 is 0. The van der Waals surface area contributed by atoms with E-state index in [9.17, 15) is 9.59 Å². The Kier molecular flexibility index (Phi) is 32.6. The SMILES string of the molecule is CCCCCCCCCCCCCCCCCCCC(=O)OC(CCC)CCCCCCCCCCCCC(=O)O. The Morgan fingerprint density at radius 1 is 0.439 bits per heavy atom. The van der Waals surface area contributed by atoms with E-state index in [4.69, 9.17) is 9.84 Å². The van der Waals surface area contributed by atoms with Crippen LogP contribution in [-0.4, -0.2) is 23.1 Å². The average molecular weight is 581 g/mol. The number of aliphatic carboxylic acids is 1. The lowest BCUT2D eigenvalue weighted by atomic mass is 10.0. The Labute approximate surface area is 256 Å². The second-order valence-corrected chi connectivity index (χ2v) is 12.8. The second kappa shape index (κ2) is 33.4. The van der Waals surface area contributed by atoms with Crippen LogP contribution in [0.25, 0.3) is 0 Å². The van der Waals surface area contributed by atoms with Gasteiger partial charge in [0.25, 0.3) is 0 Å². The Balaban J connectivity index is 3.49. The van der Waals surface area contributed by atoms with Crippen LogP contribution in [0.15, 0.2) is 0 Å². The number of esters is 1. The van der Waals surface area contributed by atoms with Gasteiger partial charge in [0, 0.05) is 12.8 Å². The molecule has 0 saturated heterocycles. The molecule has 244 valence electrons. The third-order valence-corrected chi connectivity index (χ3v) is 8.56. The summed E-state index contributed by atoms with van der Waals surface area (Å²) in [6, 6.07) is 0. The van der Waals surface area contributed by atoms with Crippen LogP contribution in [0.3, 0.4) is 0 Å². The minimum atomic E-state index is -0.675. The van der Waals surface area contributed by atoms with Gasteiger partial charge in [0.2, 0.25) is 0 Å². The molecule has 0 saturated carbocycles. The Bertz CT molecular complexity index is 547. The van der Waals surface area contributed by atoms with Crippen molar-refractivity contribution in [2.75, 3.05) is 0 Å². The van der Waals surface area contributed by atoms with E-state index in [2.05, 4.69) is 13.8 Å². The number of ether oxygens (including phenoxy) is 1. The maximum Gasteiger partial charge on any atom is 0.306 e. The average Bonchev–Trinajstić information content (AvgIpc) is 2.95. The van der Waals surface area contributed by atoms with Gasteiger partial charge in [0.05, 0.1) is 0 Å². The molecule has 0 aromatic heterocycles. The number of hydrogen-bond acceptors (Lipinski definition) is 3. The molecule has 0 aromatic carbocycles. The van der Waals surface area contributed by atoms with E-state index in [1.54, 1.807) is 0 Å². The Hall–Kier alpha value is -1.06. The van der Waals surface area contributed by atoms with Crippen LogP contribution in [0.5, 0.6) is 0 Å². The normalized spacial score (nSPS) is 12.0. The topological polar surface area (TPSA) is 63.6 Å². The van der Waals surface area contributed by atoms with Crippen LogP contribution in [0, 0.1) is 0 Å². The highest BCUT2D eigenvalue weighted by Gasteiger charge is 2.13. The largest absolute Gasteiger partial charge is 0.481 e. The Morgan fingerprint density at radius 2 is 0.780 bits per heavy atom. The Morgan fingerprint density at radius 3 is 1.15 bits per heavy atom. The number of carbonyl (C=O) groups excluding carboxylic acids is 1. The van der Waals surface area contributed by atoms with Crippen LogP contribution in [0.4, 0.5) is 0 Å². The highest BCUT2D eigenvalue weighted by molar-refractivity contribution is 5.69. The summed E-state index contributed by atoms with van der Waals surface area (Å²) in [6.07, 6.45) is 39.0. The lowest BCUT2D eigenvalue weighted by Gasteiger charge is -2.17. The van der Waals surface area contributed by atoms with E-state index in [0.717, 1.165) is 57.8 Å². The van der Waals surface area contributed by atoms with Gasteiger partial charge in [0.15, 0.2) is 0 Å². The number of unbranched alkanes of at least 4 members (excludes halogenated alkanes) is 25. The molecule has 0 aromatic rings. The summed E-state index contributed by atoms with van der Waals surface area (Å²) in [5.41, 5.74) is 0. The summed E-state index contributed by atoms with van der Waals surface area (Å²) in [7, 11) is 0. The molecule has 0 aliphatic heterocycles. The molecule has 0 aliphatic carbocycles. The van der Waals surface area contributed by atoms with Crippen molar-refractivity contribution in [2.24, 2.45) is 0 Å². The first-order valence-electron chi connectivity index (χ1n) is 18.5. The van der Waals surface area contributed by atoms with E-state index in [0.29, 0.717) is 12.8 Å². The monoisotopic (exact) mass is 581 g/mol. The van der Waals surface area contributed by atoms with Gasteiger partial charge in [-0.1, -0.05) is 174 Å². The first kappa shape index (κ1) is 39.9. The number of rotatable bonds is 34. The van der Waals surface area contributed by atoms with Crippen molar-refractivity contribution in [3.8, 4) is 0 Å². The highest BCUT2D eigenvalue weighted by atomic mass is 16.5. The fourth-order valence-corrected chi connectivity index (χ4v) is 5.89. The van der Waals surface area contributed by atoms with E-state index >= 15 is 0 Å². The summed E-state index contributed by atoms with van der Waals surface area (Å²) in [4.78, 5) is 22.9. The van der Waals surface area contributed by atoms with Gasteiger partial charge in [-0.3, -0.25) is 9.59 Å². The molecule has 1 N–H and O–H groups in total. The highest BCUT2D eigenvalue weighted by Crippen LogP contribution is 2.18. The van der Waals surface area contributed by atoms with E-state index in [-0.39, 0.29) is 12.1 Å². The molecule has 0 radical (unpaired) electrons. The molecule has 0 heterocycles. The van der Waals surface area contributed by atoms with Crippen molar-refractivity contribution < 1.29 is 19.4 Å². The van der Waals surface area contributed by atoms with Crippen LogP contribution in [-0.2, 0) is 14.3 Å². The zero-order chi connectivity index (χ0) is 30.1. The molecule has 4 heteroatoms. The molecule has 4 nitrogen and oxygen atoms in total. The smallest absolute Gasteiger partial charge is 0.306 e. The van der Waals surface area contributed by atoms with Crippen molar-refractivity contribution in [1.82, 2.24) is 0 Å². The lowest BCUT2D eigenvalue weighted by molar-refractivity contribution is -0.150. The van der Waals surface area contributed by atoms with Crippen molar-refractivity contribution in [3.63, 3.8) is 0 Å². The summed E-state index contributed by atoms with van der Waals surface area (Å²) in [6.45, 7) is 4.47. The third kappa shape index (κ3) is 33.3. The molecule has 1 unspecified atom stereocenters. The van der Waals surface area contributed by atoms with Gasteiger partial charge in [-0.2, -0.15) is 0 Å². The molecule has 0 rings (SSSR count). The van der Waals surface area contributed by atoms with Crippen LogP contribution >= 0.6 is 0 Å². The maximum atomic E-state index is 12.4. The standard InChI is InChI=1S/C37H72O4/c1-3-5-6-7-8-9-10-11-12-13-14-15-16-21-24-27-30-34-37(40)41-35(31-4-2)32-28-25-22-19-17-18-20-23-26-29-33-36(38)39/h35H,3-34H2,1-2H3,(H,38,39). The summed E-state index contributed by atoms with van der Waals surface area (Å²) < 4.78 is 5.85. The van der Waals surface area contributed by atoms with E-state index in [1.807, 2.05) is 0 Å². The van der Waals surface area contributed by atoms with Crippen LogP contribution in [0.1, 0.15) is 219 Å². The fourth-order valence-electron chi connectivity index (χ4n) is 5.89. The van der Waals surface area contributed by atoms with E-state index < -0.39 is 5.97 Å². The number of hydrogen-bond donors (Lipinski definition) is 1. The van der Waals surface area contributed by atoms with Gasteiger partial charge in [-0.25, -0.2) is 0 Å². The number of carboxylic acids is 1. The van der Waals surface area contributed by atoms with Gasteiger partial charge in [0.1, 0.15) is 6.10 Å². The predicted octanol–water partition coefficient (Wildman–Crippen LogP) is 12.5. The van der Waals surface area contributed by atoms with Gasteiger partial charge in [-0.15, -0.1) is 0 Å². The number of carbonyl (C=O) groups is 2. The summed E-state index contributed by atoms with van der Waals surface area (Å²) in [5, 5.41) is 8.66. The first-order valence-corrected chi connectivity index (χ1v) is 18.5. The van der Waals surface area contributed by atoms with Crippen LogP contribution in [0.2, 0.25) is 0 Å². The minimum Gasteiger partial charge on any atom is -0.481 e. The number of carboxylic acid groups (broad SMARTS) is 1. The van der Waals surface area contributed by atoms with Gasteiger partial charge in [-0.05, 0) is 32.1 Å². The molecule has 1 atom stereocenters. The van der Waals surface area contributed by atoms with Crippen molar-refractivity contribution >= 4 is 11.9 Å². The van der Waals surface area contributed by atoms with Gasteiger partial charge >= 0.3 is 11.9 Å². The van der Waals surface area contributed by atoms with Crippen molar-refractivity contribution in [3.05, 3.63) is 0 Å². The molecular weight excluding hydrogens is 508 g/mol. The molecule has 0 spiro atoms. The zero-order valence-corrected chi connectivity index (χ0v) is 27.9. The quantitative estimate of drug-likeness (QED) is 0.0607. The van der Waals surface area contributed by atoms with Gasteiger partial charge < -0.3 is 9.84 Å². The lowest BCUT2D eigenvalue weighted by Crippen LogP contribution is -2.18. The maximum absolute atomic E-state index is 12.4. The molecule has 41 heavy (non-hydrogen) atoms. The fraction of sp³-hybridized carbons (Fsp3) is 0.946. The van der Waals surface area contributed by atoms with Crippen LogP contribution < -0.4 is 0 Å². The summed E-state index contributed by atoms with van der Waals surface area (Å²) in [5.74, 6) is -0.653. The third-order valence-electron chi connectivity index (χ3n) is 8.56. The van der Waals surface area contributed by atoms with Crippen molar-refractivity contribution in [1.29, 1.82) is 0 Å². The molecule has 0 amide bonds. The zero-order valence-electron chi connectivity index (χ0n) is 27.9. The molecular formula is C37H72O4. The second-order valence-electron chi connectivity index (χ2n) is 12.8. The van der Waals surface area contributed by atoms with Crippen molar-refractivity contribution in [2.45, 2.75) is 225 Å². The first-order chi connectivity index (χ1) is 20.1. The van der Waals surface area contributed by atoms with E-state index in [1.165, 1.54) is 135 Å². The molecule has 0 aliphatic rings. The minimum absolute atomic E-state index is 0.0211. The molecule has 0 fully saturated rings. The molecule has 0 bridgehead atoms. The predicted molar refractivity (Wildman–Crippen MR) is 177 cm³/mol.